The number of ketones is 1. The van der Waals surface area contributed by atoms with Crippen LogP contribution in [-0.2, 0) is 4.74 Å². The fourth-order valence-corrected chi connectivity index (χ4v) is 3.42. The van der Waals surface area contributed by atoms with E-state index in [1.807, 2.05) is 0 Å². The maximum absolute atomic E-state index is 14.4. The number of aromatic amines is 1. The van der Waals surface area contributed by atoms with Gasteiger partial charge in [0.2, 0.25) is 5.78 Å². The number of ether oxygens (including phenoxy) is 2. The van der Waals surface area contributed by atoms with Crippen molar-refractivity contribution in [2.75, 3.05) is 33.4 Å². The number of carbonyl (C=O) groups excluding carboxylic acids is 2. The van der Waals surface area contributed by atoms with Crippen molar-refractivity contribution in [3.8, 4) is 5.75 Å². The number of hydrogen-bond acceptors (Lipinski definition) is 6. The van der Waals surface area contributed by atoms with Crippen molar-refractivity contribution < 1.29 is 27.8 Å². The van der Waals surface area contributed by atoms with Gasteiger partial charge in [-0.2, -0.15) is 5.10 Å². The standard InChI is InChI=1S/C23H22F2N4O4/c1-32-6-7-33-21-10-19-16(8-17(21)25)22(28-27-19)20(30)9-18(26)13-2-4-14(5-3-13)23(31)29-11-15(24)12-29/h2-5,8-10,15H,6-7,11-12,26H2,1H3,(H,27,28). The third kappa shape index (κ3) is 4.70. The van der Waals surface area contributed by atoms with E-state index in [0.29, 0.717) is 28.6 Å². The number of allylic oxidation sites excluding steroid dienone is 1. The van der Waals surface area contributed by atoms with Gasteiger partial charge in [0.15, 0.2) is 11.6 Å². The Morgan fingerprint density at radius 2 is 1.91 bits per heavy atom. The number of H-pyrrole nitrogens is 1. The second kappa shape index (κ2) is 9.37. The van der Waals surface area contributed by atoms with Crippen LogP contribution in [0.3, 0.4) is 0 Å². The molecule has 1 aliphatic heterocycles. The topological polar surface area (TPSA) is 111 Å². The molecule has 33 heavy (non-hydrogen) atoms. The van der Waals surface area contributed by atoms with Gasteiger partial charge in [-0.3, -0.25) is 14.7 Å². The van der Waals surface area contributed by atoms with E-state index < -0.39 is 17.8 Å². The van der Waals surface area contributed by atoms with Gasteiger partial charge in [0.05, 0.1) is 25.2 Å². The van der Waals surface area contributed by atoms with Crippen LogP contribution in [0.5, 0.6) is 5.75 Å². The maximum Gasteiger partial charge on any atom is 0.254 e. The summed E-state index contributed by atoms with van der Waals surface area (Å²) >= 11 is 0. The Balaban J connectivity index is 1.50. The van der Waals surface area contributed by atoms with Crippen LogP contribution in [0.25, 0.3) is 16.6 Å². The van der Waals surface area contributed by atoms with E-state index >= 15 is 0 Å². The molecule has 0 bridgehead atoms. The lowest BCUT2D eigenvalue weighted by atomic mass is 10.0. The van der Waals surface area contributed by atoms with Gasteiger partial charge in [-0.05, 0) is 23.8 Å². The summed E-state index contributed by atoms with van der Waals surface area (Å²) in [6.45, 7) is 0.670. The van der Waals surface area contributed by atoms with E-state index in [-0.39, 0.29) is 42.7 Å². The molecule has 3 aromatic rings. The number of likely N-dealkylation sites (tertiary alicyclic amines) is 1. The predicted molar refractivity (Wildman–Crippen MR) is 117 cm³/mol. The molecule has 1 aliphatic rings. The number of methoxy groups -OCH3 is 1. The van der Waals surface area contributed by atoms with Crippen LogP contribution in [0.1, 0.15) is 26.4 Å². The van der Waals surface area contributed by atoms with Crippen LogP contribution < -0.4 is 10.5 Å². The van der Waals surface area contributed by atoms with Crippen molar-refractivity contribution in [1.29, 1.82) is 0 Å². The molecular weight excluding hydrogens is 434 g/mol. The number of aromatic nitrogens is 2. The average Bonchev–Trinajstić information content (AvgIpc) is 3.19. The molecule has 4 rings (SSSR count). The van der Waals surface area contributed by atoms with E-state index in [0.717, 1.165) is 0 Å². The van der Waals surface area contributed by atoms with Crippen molar-refractivity contribution >= 4 is 28.3 Å². The zero-order valence-corrected chi connectivity index (χ0v) is 17.8. The summed E-state index contributed by atoms with van der Waals surface area (Å²) in [5.41, 5.74) is 7.59. The maximum atomic E-state index is 14.4. The summed E-state index contributed by atoms with van der Waals surface area (Å²) in [6.07, 6.45) is 0.218. The number of nitrogens with one attached hydrogen (secondary N) is 1. The molecule has 0 saturated carbocycles. The number of hydrogen-bond donors (Lipinski definition) is 2. The van der Waals surface area contributed by atoms with Gasteiger partial charge >= 0.3 is 0 Å². The Morgan fingerprint density at radius 1 is 1.21 bits per heavy atom. The number of alkyl halides is 1. The highest BCUT2D eigenvalue weighted by atomic mass is 19.1. The Hall–Kier alpha value is -3.79. The number of fused-ring (bicyclic) bond motifs is 1. The van der Waals surface area contributed by atoms with Crippen molar-refractivity contribution in [1.82, 2.24) is 15.1 Å². The first kappa shape index (κ1) is 22.4. The first-order chi connectivity index (χ1) is 15.9. The summed E-state index contributed by atoms with van der Waals surface area (Å²) in [7, 11) is 1.51. The summed E-state index contributed by atoms with van der Waals surface area (Å²) in [6, 6.07) is 8.94. The number of nitrogens with zero attached hydrogens (tertiary/aromatic N) is 2. The summed E-state index contributed by atoms with van der Waals surface area (Å²) in [5, 5.41) is 6.99. The molecule has 172 valence electrons. The number of carbonyl (C=O) groups is 2. The minimum Gasteiger partial charge on any atom is -0.488 e. The molecule has 1 saturated heterocycles. The van der Waals surface area contributed by atoms with Gasteiger partial charge < -0.3 is 20.1 Å². The van der Waals surface area contributed by atoms with Crippen LogP contribution in [0.15, 0.2) is 42.5 Å². The lowest BCUT2D eigenvalue weighted by molar-refractivity contribution is 0.0400. The largest absolute Gasteiger partial charge is 0.488 e. The van der Waals surface area contributed by atoms with Crippen LogP contribution in [0.2, 0.25) is 0 Å². The molecule has 0 radical (unpaired) electrons. The van der Waals surface area contributed by atoms with E-state index in [1.54, 1.807) is 24.3 Å². The Labute approximate surface area is 188 Å². The molecule has 1 fully saturated rings. The molecule has 1 aromatic heterocycles. The summed E-state index contributed by atoms with van der Waals surface area (Å²) in [4.78, 5) is 26.4. The fraction of sp³-hybridized carbons (Fsp3) is 0.261. The van der Waals surface area contributed by atoms with Gasteiger partial charge in [0, 0.05) is 35.9 Å². The minimum absolute atomic E-state index is 0.0145. The van der Waals surface area contributed by atoms with Gasteiger partial charge in [-0.15, -0.1) is 0 Å². The van der Waals surface area contributed by atoms with E-state index in [4.69, 9.17) is 15.2 Å². The fourth-order valence-electron chi connectivity index (χ4n) is 3.42. The van der Waals surface area contributed by atoms with Crippen LogP contribution >= 0.6 is 0 Å². The third-order valence-corrected chi connectivity index (χ3v) is 5.27. The van der Waals surface area contributed by atoms with Gasteiger partial charge in [0.1, 0.15) is 18.5 Å². The molecule has 0 aliphatic carbocycles. The lowest BCUT2D eigenvalue weighted by Crippen LogP contribution is -2.51. The first-order valence-electron chi connectivity index (χ1n) is 10.2. The summed E-state index contributed by atoms with van der Waals surface area (Å²) < 4.78 is 37.6. The van der Waals surface area contributed by atoms with Crippen molar-refractivity contribution in [3.63, 3.8) is 0 Å². The number of rotatable bonds is 8. The highest BCUT2D eigenvalue weighted by Crippen LogP contribution is 2.26. The van der Waals surface area contributed by atoms with Crippen LogP contribution in [0, 0.1) is 5.82 Å². The Kier molecular flexibility index (Phi) is 6.36. The van der Waals surface area contributed by atoms with Crippen LogP contribution in [0.4, 0.5) is 8.78 Å². The quantitative estimate of drug-likeness (QED) is 0.306. The molecule has 1 amide bonds. The molecule has 0 spiro atoms. The molecule has 0 atom stereocenters. The average molecular weight is 456 g/mol. The molecule has 0 unspecified atom stereocenters. The second-order valence-corrected chi connectivity index (χ2v) is 7.59. The second-order valence-electron chi connectivity index (χ2n) is 7.59. The lowest BCUT2D eigenvalue weighted by Gasteiger charge is -2.34. The normalized spacial score (nSPS) is 14.4. The van der Waals surface area contributed by atoms with E-state index in [1.165, 1.54) is 30.2 Å². The SMILES string of the molecule is COCCOc1cc2[nH]nc(C(=O)C=C(N)c3ccc(C(=O)N4CC(F)C4)cc3)c2cc1F. The highest BCUT2D eigenvalue weighted by molar-refractivity contribution is 6.14. The Morgan fingerprint density at radius 3 is 2.58 bits per heavy atom. The zero-order chi connectivity index (χ0) is 23.5. The Bertz CT molecular complexity index is 1220. The highest BCUT2D eigenvalue weighted by Gasteiger charge is 2.30. The summed E-state index contributed by atoms with van der Waals surface area (Å²) in [5.74, 6) is -1.38. The molecule has 8 nitrogen and oxygen atoms in total. The third-order valence-electron chi connectivity index (χ3n) is 5.27. The van der Waals surface area contributed by atoms with E-state index in [9.17, 15) is 18.4 Å². The molecule has 2 aromatic carbocycles. The van der Waals surface area contributed by atoms with Gasteiger partial charge in [-0.25, -0.2) is 8.78 Å². The number of amides is 1. The minimum atomic E-state index is -0.973. The van der Waals surface area contributed by atoms with E-state index in [2.05, 4.69) is 10.2 Å². The number of halogens is 2. The first-order valence-corrected chi connectivity index (χ1v) is 10.2. The van der Waals surface area contributed by atoms with Gasteiger partial charge in [0.25, 0.3) is 5.91 Å². The monoisotopic (exact) mass is 456 g/mol. The molecule has 3 N–H and O–H groups in total. The molecule has 10 heteroatoms. The zero-order valence-electron chi connectivity index (χ0n) is 17.8. The number of nitrogens with two attached hydrogens (primary N) is 1. The van der Waals surface area contributed by atoms with Gasteiger partial charge in [-0.1, -0.05) is 12.1 Å². The van der Waals surface area contributed by atoms with Crippen molar-refractivity contribution in [2.45, 2.75) is 6.17 Å². The van der Waals surface area contributed by atoms with Crippen molar-refractivity contribution in [2.24, 2.45) is 5.73 Å². The smallest absolute Gasteiger partial charge is 0.254 e. The van der Waals surface area contributed by atoms with Crippen LogP contribution in [-0.4, -0.2) is 66.4 Å². The number of benzene rings is 2. The molecule has 2 heterocycles. The predicted octanol–water partition coefficient (Wildman–Crippen LogP) is 2.70. The molecular formula is C23H22F2N4O4. The van der Waals surface area contributed by atoms with Crippen molar-refractivity contribution in [3.05, 3.63) is 65.1 Å².